The Balaban J connectivity index is 1.72. The molecule has 0 saturated carbocycles. The first-order valence-corrected chi connectivity index (χ1v) is 33.7. The summed E-state index contributed by atoms with van der Waals surface area (Å²) >= 11 is 0. The number of unbranched alkanes of at least 4 members (excludes halogenated alkanes) is 27. The van der Waals surface area contributed by atoms with Crippen LogP contribution < -0.4 is 16.0 Å². The summed E-state index contributed by atoms with van der Waals surface area (Å²) in [7, 11) is 0. The highest BCUT2D eigenvalue weighted by atomic mass is 16.8. The Morgan fingerprint density at radius 3 is 1.37 bits per heavy atom. The van der Waals surface area contributed by atoms with Crippen molar-refractivity contribution in [2.24, 2.45) is 5.92 Å². The molecular formula is C64H121N3O19. The standard InChI is InChI=1S/C64H121N3O19/c1-7-8-9-10-11-12-13-14-15-16-17-18-19-20-21-22-23-24-29-32-35-38-48(73)61(80)67-46(54(75)47(72)37-34-31-28-26-25-27-30-33-36-42(2)3)41-81-62-52(66-45(6)71)60(86-64-58(79)57(78)53(74)43(4)82-64)59(50(40-69)84-62)85-63-51(65-44(5)70)56(77)55(76)49(39-68)83-63/h42-43,46-60,62-64,68-69,72-79H,7-41H2,1-6H3,(H,65,70)(H,66,71)(H,67,80)/t43-,46+,47-,48-,49-,50-,51-,52-,53+,54+,55+,56-,57+,58-,59-,60-,62-,63+,64-/m1/s1. The van der Waals surface area contributed by atoms with Gasteiger partial charge in [0.25, 0.3) is 0 Å². The molecule has 3 saturated heterocycles. The lowest BCUT2D eigenvalue weighted by Crippen LogP contribution is -2.71. The number of aliphatic hydroxyl groups is 10. The highest BCUT2D eigenvalue weighted by Gasteiger charge is 2.55. The van der Waals surface area contributed by atoms with Crippen LogP contribution in [0, 0.1) is 5.92 Å². The topological polar surface area (TPSA) is 345 Å². The van der Waals surface area contributed by atoms with Gasteiger partial charge < -0.3 is 95.4 Å². The number of rotatable bonds is 48. The zero-order chi connectivity index (χ0) is 63.4. The molecule has 13 N–H and O–H groups in total. The van der Waals surface area contributed by atoms with Crippen LogP contribution in [-0.2, 0) is 42.8 Å². The van der Waals surface area contributed by atoms with Gasteiger partial charge in [-0.05, 0) is 25.7 Å². The van der Waals surface area contributed by atoms with Crippen molar-refractivity contribution in [1.82, 2.24) is 16.0 Å². The van der Waals surface area contributed by atoms with E-state index in [0.29, 0.717) is 18.8 Å². The summed E-state index contributed by atoms with van der Waals surface area (Å²) in [4.78, 5) is 39.3. The summed E-state index contributed by atoms with van der Waals surface area (Å²) in [5, 5.41) is 118. The molecule has 86 heavy (non-hydrogen) atoms. The molecule has 3 rings (SSSR count). The zero-order valence-electron chi connectivity index (χ0n) is 53.4. The van der Waals surface area contributed by atoms with Gasteiger partial charge >= 0.3 is 0 Å². The van der Waals surface area contributed by atoms with E-state index in [1.807, 2.05) is 0 Å². The Morgan fingerprint density at radius 1 is 0.477 bits per heavy atom. The maximum atomic E-state index is 13.8. The van der Waals surface area contributed by atoms with Gasteiger partial charge in [-0.1, -0.05) is 213 Å². The van der Waals surface area contributed by atoms with Gasteiger partial charge in [0.05, 0.1) is 38.1 Å². The maximum Gasteiger partial charge on any atom is 0.249 e. The van der Waals surface area contributed by atoms with E-state index >= 15 is 0 Å². The van der Waals surface area contributed by atoms with Crippen LogP contribution >= 0.6 is 0 Å². The van der Waals surface area contributed by atoms with E-state index in [1.165, 1.54) is 129 Å². The monoisotopic (exact) mass is 1240 g/mol. The van der Waals surface area contributed by atoms with E-state index in [9.17, 15) is 65.4 Å². The van der Waals surface area contributed by atoms with Crippen molar-refractivity contribution in [3.63, 3.8) is 0 Å². The molecule has 0 bridgehead atoms. The molecule has 506 valence electrons. The van der Waals surface area contributed by atoms with Gasteiger partial charge in [0.2, 0.25) is 17.7 Å². The smallest absolute Gasteiger partial charge is 0.249 e. The van der Waals surface area contributed by atoms with Crippen LogP contribution in [0.5, 0.6) is 0 Å². The van der Waals surface area contributed by atoms with Gasteiger partial charge in [-0.15, -0.1) is 0 Å². The van der Waals surface area contributed by atoms with Crippen molar-refractivity contribution in [3.8, 4) is 0 Å². The molecule has 22 heteroatoms. The average Bonchev–Trinajstić information content (AvgIpc) is 1.63. The summed E-state index contributed by atoms with van der Waals surface area (Å²) in [6, 6.07) is -4.44. The molecule has 19 atom stereocenters. The third-order valence-corrected chi connectivity index (χ3v) is 17.3. The SMILES string of the molecule is CCCCCCCCCCCCCCCCCCCCCCC[C@@H](O)C(=O)N[C@@H](CO[C@@H]1O[C@H](CO)[C@@H](O[C@@H]2O[C@H](CO)[C@H](O)[C@H](O)[C@H]2NC(C)=O)[C@H](O[C@H]2O[C@H](C)[C@H](O)[C@H](O)[C@H]2O)[C@H]1NC(C)=O)[C@H](O)[C@H](O)CCCCCCCCCCC(C)C. The van der Waals surface area contributed by atoms with Gasteiger partial charge in [0.15, 0.2) is 18.9 Å². The average molecular weight is 1240 g/mol. The molecule has 3 aliphatic heterocycles. The first-order valence-electron chi connectivity index (χ1n) is 33.7. The minimum Gasteiger partial charge on any atom is -0.394 e. The molecule has 0 aromatic heterocycles. The Morgan fingerprint density at radius 2 is 0.907 bits per heavy atom. The summed E-state index contributed by atoms with van der Waals surface area (Å²) in [5.41, 5.74) is 0. The van der Waals surface area contributed by atoms with Crippen molar-refractivity contribution in [2.75, 3.05) is 19.8 Å². The molecule has 0 aromatic rings. The second-order valence-corrected chi connectivity index (χ2v) is 25.4. The van der Waals surface area contributed by atoms with Gasteiger partial charge in [-0.2, -0.15) is 0 Å². The highest BCUT2D eigenvalue weighted by Crippen LogP contribution is 2.34. The minimum atomic E-state index is -1.92. The molecule has 0 radical (unpaired) electrons. The molecule has 22 nitrogen and oxygen atoms in total. The molecule has 0 aromatic carbocycles. The number of ether oxygens (including phenoxy) is 6. The van der Waals surface area contributed by atoms with Crippen molar-refractivity contribution < 1.29 is 93.9 Å². The summed E-state index contributed by atoms with van der Waals surface area (Å²) < 4.78 is 36.9. The fourth-order valence-electron chi connectivity index (χ4n) is 11.9. The van der Waals surface area contributed by atoms with E-state index in [2.05, 4.69) is 36.7 Å². The third kappa shape index (κ3) is 29.4. The summed E-state index contributed by atoms with van der Waals surface area (Å²) in [6.45, 7) is 8.08. The zero-order valence-corrected chi connectivity index (χ0v) is 53.4. The molecule has 3 fully saturated rings. The fraction of sp³-hybridized carbons (Fsp3) is 0.953. The number of carbonyl (C=O) groups excluding carboxylic acids is 3. The van der Waals surface area contributed by atoms with Gasteiger partial charge in [0.1, 0.15) is 79.2 Å². The van der Waals surface area contributed by atoms with Crippen LogP contribution in [0.1, 0.15) is 247 Å². The lowest BCUT2D eigenvalue weighted by atomic mass is 9.93. The number of hydrogen-bond acceptors (Lipinski definition) is 19. The predicted molar refractivity (Wildman–Crippen MR) is 325 cm³/mol. The largest absolute Gasteiger partial charge is 0.394 e. The van der Waals surface area contributed by atoms with Crippen molar-refractivity contribution in [1.29, 1.82) is 0 Å². The van der Waals surface area contributed by atoms with Crippen LogP contribution in [0.15, 0.2) is 0 Å². The van der Waals surface area contributed by atoms with Crippen LogP contribution in [0.2, 0.25) is 0 Å². The third-order valence-electron chi connectivity index (χ3n) is 17.3. The number of carbonyl (C=O) groups is 3. The summed E-state index contributed by atoms with van der Waals surface area (Å²) in [6.07, 6.45) is 9.51. The highest BCUT2D eigenvalue weighted by molar-refractivity contribution is 5.80. The minimum absolute atomic E-state index is 0.145. The number of nitrogens with one attached hydrogen (secondary N) is 3. The molecule has 0 aliphatic carbocycles. The summed E-state index contributed by atoms with van der Waals surface area (Å²) in [5.74, 6) is -1.51. The second kappa shape index (κ2) is 45.1. The molecule has 3 heterocycles. The van der Waals surface area contributed by atoms with Gasteiger partial charge in [-0.3, -0.25) is 14.4 Å². The Bertz CT molecular complexity index is 1760. The Kier molecular flexibility index (Phi) is 40.9. The Hall–Kier alpha value is -2.23. The van der Waals surface area contributed by atoms with E-state index in [1.54, 1.807) is 0 Å². The lowest BCUT2D eigenvalue weighted by Gasteiger charge is -2.50. The number of aliphatic hydroxyl groups excluding tert-OH is 10. The van der Waals surface area contributed by atoms with E-state index < -0.39 is 154 Å². The van der Waals surface area contributed by atoms with Crippen molar-refractivity contribution in [3.05, 3.63) is 0 Å². The predicted octanol–water partition coefficient (Wildman–Crippen LogP) is 5.49. The number of hydrogen-bond donors (Lipinski definition) is 13. The van der Waals surface area contributed by atoms with Crippen LogP contribution in [0.3, 0.4) is 0 Å². The van der Waals surface area contributed by atoms with Gasteiger partial charge in [0, 0.05) is 13.8 Å². The molecule has 3 amide bonds. The molecule has 0 unspecified atom stereocenters. The lowest BCUT2D eigenvalue weighted by molar-refractivity contribution is -0.366. The van der Waals surface area contributed by atoms with Crippen LogP contribution in [0.4, 0.5) is 0 Å². The maximum absolute atomic E-state index is 13.8. The first kappa shape index (κ1) is 78.0. The van der Waals surface area contributed by atoms with E-state index in [0.717, 1.165) is 71.6 Å². The molecule has 3 aliphatic rings. The van der Waals surface area contributed by atoms with E-state index in [-0.39, 0.29) is 12.8 Å². The van der Waals surface area contributed by atoms with Crippen molar-refractivity contribution >= 4 is 17.7 Å². The fourth-order valence-corrected chi connectivity index (χ4v) is 11.9. The van der Waals surface area contributed by atoms with Crippen LogP contribution in [-0.4, -0.2) is 205 Å². The van der Waals surface area contributed by atoms with E-state index in [4.69, 9.17) is 28.4 Å². The number of amides is 3. The second-order valence-electron chi connectivity index (χ2n) is 25.4. The van der Waals surface area contributed by atoms with Crippen LogP contribution in [0.25, 0.3) is 0 Å². The Labute approximate surface area is 514 Å². The normalized spacial score (nSPS) is 29.3. The first-order chi connectivity index (χ1) is 41.2. The quantitative estimate of drug-likeness (QED) is 0.0335. The molecular weight excluding hydrogens is 1110 g/mol. The molecule has 0 spiro atoms. The van der Waals surface area contributed by atoms with Crippen molar-refractivity contribution in [2.45, 2.75) is 363 Å². The van der Waals surface area contributed by atoms with Gasteiger partial charge in [-0.25, -0.2) is 0 Å².